The first-order valence-corrected chi connectivity index (χ1v) is 11.6. The summed E-state index contributed by atoms with van der Waals surface area (Å²) in [4.78, 5) is 25.0. The molecule has 0 aliphatic rings. The summed E-state index contributed by atoms with van der Waals surface area (Å²) in [7, 11) is -0.419. The number of rotatable bonds is 7. The van der Waals surface area contributed by atoms with Gasteiger partial charge in [-0.2, -0.15) is 0 Å². The molecule has 0 aliphatic carbocycles. The molecule has 0 fully saturated rings. The van der Waals surface area contributed by atoms with E-state index >= 15 is 0 Å². The quantitative estimate of drug-likeness (QED) is 0.599. The maximum Gasteiger partial charge on any atom is 0.328 e. The van der Waals surface area contributed by atoms with Crippen LogP contribution in [0.2, 0.25) is 0 Å². The summed E-state index contributed by atoms with van der Waals surface area (Å²) in [5.74, 6) is 0.109. The molecule has 0 aliphatic heterocycles. The smallest absolute Gasteiger partial charge is 0.328 e. The van der Waals surface area contributed by atoms with Crippen molar-refractivity contribution < 1.29 is 17.9 Å². The van der Waals surface area contributed by atoms with Crippen LogP contribution >= 0.6 is 0 Å². The Morgan fingerprint density at radius 2 is 1.71 bits per heavy atom. The number of nitrogens with zero attached hydrogens (tertiary/aromatic N) is 3. The molecule has 10 heteroatoms. The lowest BCUT2D eigenvalue weighted by atomic mass is 10.2. The Labute approximate surface area is 180 Å². The van der Waals surface area contributed by atoms with Crippen LogP contribution in [0.4, 0.5) is 11.4 Å². The molecule has 3 aromatic rings. The number of fused-ring (bicyclic) bond motifs is 1. The molecular formula is C21H26N4O5S. The average Bonchev–Trinajstić information content (AvgIpc) is 2.92. The van der Waals surface area contributed by atoms with Crippen LogP contribution in [0.5, 0.6) is 5.75 Å². The van der Waals surface area contributed by atoms with Crippen molar-refractivity contribution in [3.8, 4) is 5.75 Å². The standard InChI is InChI=1S/C21H26N4O5S/c1-6-30-17-10-8-16(9-11-17)25(31(5,28)29)14(2)20(26)22-15-7-12-18-19(13-15)24(4)21(27)23(18)3/h7-14H,6H2,1-5H3,(H,22,26). The second-order valence-corrected chi connectivity index (χ2v) is 9.11. The largest absolute Gasteiger partial charge is 0.494 e. The van der Waals surface area contributed by atoms with E-state index in [0.29, 0.717) is 29.2 Å². The number of amides is 1. The Balaban J connectivity index is 1.89. The number of imidazole rings is 1. The fraction of sp³-hybridized carbons (Fsp3) is 0.333. The zero-order chi connectivity index (χ0) is 22.9. The fourth-order valence-electron chi connectivity index (χ4n) is 3.50. The van der Waals surface area contributed by atoms with Crippen molar-refractivity contribution in [3.63, 3.8) is 0 Å². The van der Waals surface area contributed by atoms with Crippen LogP contribution in [0.15, 0.2) is 47.3 Å². The Morgan fingerprint density at radius 3 is 2.29 bits per heavy atom. The number of carbonyl (C=O) groups is 1. The first kappa shape index (κ1) is 22.4. The number of sulfonamides is 1. The van der Waals surface area contributed by atoms with Gasteiger partial charge in [0, 0.05) is 19.8 Å². The molecule has 1 unspecified atom stereocenters. The van der Waals surface area contributed by atoms with Gasteiger partial charge in [-0.15, -0.1) is 0 Å². The van der Waals surface area contributed by atoms with Crippen molar-refractivity contribution in [3.05, 3.63) is 52.9 Å². The fourth-order valence-corrected chi connectivity index (χ4v) is 4.67. The lowest BCUT2D eigenvalue weighted by Crippen LogP contribution is -2.45. The maximum atomic E-state index is 12.9. The zero-order valence-corrected chi connectivity index (χ0v) is 18.9. The second-order valence-electron chi connectivity index (χ2n) is 7.26. The number of aryl methyl sites for hydroxylation is 2. The SMILES string of the molecule is CCOc1ccc(N(C(C)C(=O)Nc2ccc3c(c2)n(C)c(=O)n3C)S(C)(=O)=O)cc1. The summed E-state index contributed by atoms with van der Waals surface area (Å²) >= 11 is 0. The predicted molar refractivity (Wildman–Crippen MR) is 121 cm³/mol. The summed E-state index contributed by atoms with van der Waals surface area (Å²) in [6, 6.07) is 10.6. The Morgan fingerprint density at radius 1 is 1.10 bits per heavy atom. The summed E-state index contributed by atoms with van der Waals surface area (Å²) in [6.45, 7) is 3.86. The Kier molecular flexibility index (Phi) is 6.12. The normalized spacial score (nSPS) is 12.5. The first-order valence-electron chi connectivity index (χ1n) is 9.73. The third-order valence-electron chi connectivity index (χ3n) is 5.03. The highest BCUT2D eigenvalue weighted by molar-refractivity contribution is 7.92. The van der Waals surface area contributed by atoms with Gasteiger partial charge in [0.05, 0.1) is 29.6 Å². The lowest BCUT2D eigenvalue weighted by Gasteiger charge is -2.28. The van der Waals surface area contributed by atoms with Crippen molar-refractivity contribution in [2.75, 3.05) is 22.5 Å². The van der Waals surface area contributed by atoms with Crippen molar-refractivity contribution in [2.45, 2.75) is 19.9 Å². The molecule has 0 radical (unpaired) electrons. The summed E-state index contributed by atoms with van der Waals surface area (Å²) in [6.07, 6.45) is 1.05. The predicted octanol–water partition coefficient (Wildman–Crippen LogP) is 2.07. The topological polar surface area (TPSA) is 103 Å². The van der Waals surface area contributed by atoms with Gasteiger partial charge in [-0.3, -0.25) is 18.2 Å². The number of carbonyl (C=O) groups excluding carboxylic acids is 1. The number of benzene rings is 2. The highest BCUT2D eigenvalue weighted by atomic mass is 32.2. The van der Waals surface area contributed by atoms with E-state index in [2.05, 4.69) is 5.32 Å². The van der Waals surface area contributed by atoms with Crippen LogP contribution < -0.4 is 20.0 Å². The van der Waals surface area contributed by atoms with Crippen LogP contribution in [0.25, 0.3) is 11.0 Å². The highest BCUT2D eigenvalue weighted by Gasteiger charge is 2.29. The van der Waals surface area contributed by atoms with E-state index < -0.39 is 22.0 Å². The van der Waals surface area contributed by atoms with E-state index in [1.165, 1.54) is 16.1 Å². The van der Waals surface area contributed by atoms with Gasteiger partial charge in [-0.1, -0.05) is 0 Å². The van der Waals surface area contributed by atoms with Crippen LogP contribution in [0, 0.1) is 0 Å². The van der Waals surface area contributed by atoms with Crippen molar-refractivity contribution in [1.82, 2.24) is 9.13 Å². The Bertz CT molecular complexity index is 1280. The number of hydrogen-bond donors (Lipinski definition) is 1. The van der Waals surface area contributed by atoms with E-state index in [0.717, 1.165) is 16.1 Å². The van der Waals surface area contributed by atoms with E-state index in [4.69, 9.17) is 4.74 Å². The van der Waals surface area contributed by atoms with Crippen LogP contribution in [-0.4, -0.2) is 42.4 Å². The summed E-state index contributed by atoms with van der Waals surface area (Å²) in [5.41, 5.74) is 2.03. The molecule has 31 heavy (non-hydrogen) atoms. The maximum absolute atomic E-state index is 12.9. The molecule has 9 nitrogen and oxygen atoms in total. The average molecular weight is 447 g/mol. The molecule has 1 amide bonds. The van der Waals surface area contributed by atoms with Gasteiger partial charge in [-0.05, 0) is 56.3 Å². The zero-order valence-electron chi connectivity index (χ0n) is 18.1. The van der Waals surface area contributed by atoms with Gasteiger partial charge in [-0.25, -0.2) is 13.2 Å². The second kappa shape index (κ2) is 8.46. The van der Waals surface area contributed by atoms with E-state index in [1.807, 2.05) is 6.92 Å². The van der Waals surface area contributed by atoms with Crippen molar-refractivity contribution in [2.24, 2.45) is 14.1 Å². The molecule has 1 heterocycles. The summed E-state index contributed by atoms with van der Waals surface area (Å²) < 4.78 is 34.4. The molecule has 166 valence electrons. The molecule has 0 saturated carbocycles. The number of ether oxygens (including phenoxy) is 1. The van der Waals surface area contributed by atoms with Gasteiger partial charge < -0.3 is 10.1 Å². The minimum atomic E-state index is -3.74. The monoisotopic (exact) mass is 446 g/mol. The third kappa shape index (κ3) is 4.43. The van der Waals surface area contributed by atoms with Crippen LogP contribution in [0.3, 0.4) is 0 Å². The molecule has 2 aromatic carbocycles. The lowest BCUT2D eigenvalue weighted by molar-refractivity contribution is -0.116. The molecule has 0 spiro atoms. The highest BCUT2D eigenvalue weighted by Crippen LogP contribution is 2.25. The van der Waals surface area contributed by atoms with Crippen molar-refractivity contribution in [1.29, 1.82) is 0 Å². The molecule has 0 bridgehead atoms. The van der Waals surface area contributed by atoms with Gasteiger partial charge in [0.1, 0.15) is 11.8 Å². The van der Waals surface area contributed by atoms with Gasteiger partial charge >= 0.3 is 5.69 Å². The molecule has 0 saturated heterocycles. The van der Waals surface area contributed by atoms with Crippen molar-refractivity contribution >= 4 is 38.3 Å². The minimum absolute atomic E-state index is 0.175. The number of anilines is 2. The van der Waals surface area contributed by atoms with E-state index in [1.54, 1.807) is 56.6 Å². The number of aromatic nitrogens is 2. The van der Waals surface area contributed by atoms with Gasteiger partial charge in [0.2, 0.25) is 15.9 Å². The van der Waals surface area contributed by atoms with Crippen LogP contribution in [-0.2, 0) is 28.9 Å². The number of hydrogen-bond acceptors (Lipinski definition) is 5. The van der Waals surface area contributed by atoms with Gasteiger partial charge in [0.15, 0.2) is 0 Å². The Hall–Kier alpha value is -3.27. The van der Waals surface area contributed by atoms with E-state index in [-0.39, 0.29) is 5.69 Å². The number of nitrogens with one attached hydrogen (secondary N) is 1. The molecule has 1 N–H and O–H groups in total. The molecule has 1 aromatic heterocycles. The first-order chi connectivity index (χ1) is 14.5. The van der Waals surface area contributed by atoms with Crippen LogP contribution in [0.1, 0.15) is 13.8 Å². The molecule has 1 atom stereocenters. The van der Waals surface area contributed by atoms with Gasteiger partial charge in [0.25, 0.3) is 0 Å². The minimum Gasteiger partial charge on any atom is -0.494 e. The summed E-state index contributed by atoms with van der Waals surface area (Å²) in [5, 5.41) is 2.75. The third-order valence-corrected chi connectivity index (χ3v) is 6.27. The molecule has 3 rings (SSSR count). The van der Waals surface area contributed by atoms with E-state index in [9.17, 15) is 18.0 Å². The molecular weight excluding hydrogens is 420 g/mol.